The summed E-state index contributed by atoms with van der Waals surface area (Å²) in [5, 5.41) is 0. The molecule has 0 amide bonds. The van der Waals surface area contributed by atoms with Crippen LogP contribution in [0.2, 0.25) is 0 Å². The molecule has 2 heteroatoms. The van der Waals surface area contributed by atoms with E-state index in [1.54, 1.807) is 6.08 Å². The molecule has 0 aromatic rings. The molecule has 0 saturated heterocycles. The molecule has 60 valence electrons. The molecule has 0 bridgehead atoms. The number of hydrogen-bond acceptors (Lipinski definition) is 2. The van der Waals surface area contributed by atoms with Gasteiger partial charge in [-0.15, -0.1) is 0 Å². The fourth-order valence-electron chi connectivity index (χ4n) is 1.87. The Morgan fingerprint density at radius 2 is 2.36 bits per heavy atom. The standard InChI is InChI=1S/C9H12O2/c10-9-5-7-3-1-2-4-8(7)6-11-9/h5,8H,1-4,6H2. The average molecular weight is 152 g/mol. The summed E-state index contributed by atoms with van der Waals surface area (Å²) in [4.78, 5) is 10.8. The Balaban J connectivity index is 2.16. The Kier molecular flexibility index (Phi) is 1.68. The fraction of sp³-hybridized carbons (Fsp3) is 0.667. The molecule has 1 aliphatic heterocycles. The van der Waals surface area contributed by atoms with Crippen molar-refractivity contribution < 1.29 is 9.53 Å². The summed E-state index contributed by atoms with van der Waals surface area (Å²) in [6.45, 7) is 0.630. The largest absolute Gasteiger partial charge is 0.462 e. The first kappa shape index (κ1) is 6.89. The van der Waals surface area contributed by atoms with Crippen LogP contribution in [-0.2, 0) is 9.53 Å². The minimum absolute atomic E-state index is 0.141. The first-order valence-electron chi connectivity index (χ1n) is 4.23. The number of cyclic esters (lactones) is 1. The highest BCUT2D eigenvalue weighted by atomic mass is 16.5. The zero-order valence-electron chi connectivity index (χ0n) is 6.51. The van der Waals surface area contributed by atoms with Gasteiger partial charge in [-0.2, -0.15) is 0 Å². The van der Waals surface area contributed by atoms with Gasteiger partial charge < -0.3 is 4.74 Å². The third-order valence-electron chi connectivity index (χ3n) is 2.52. The van der Waals surface area contributed by atoms with Gasteiger partial charge in [-0.05, 0) is 19.3 Å². The molecule has 1 fully saturated rings. The van der Waals surface area contributed by atoms with E-state index in [1.807, 2.05) is 0 Å². The molecule has 1 saturated carbocycles. The lowest BCUT2D eigenvalue weighted by atomic mass is 9.84. The van der Waals surface area contributed by atoms with Crippen LogP contribution in [0.4, 0.5) is 0 Å². The second-order valence-corrected chi connectivity index (χ2v) is 3.29. The molecule has 11 heavy (non-hydrogen) atoms. The second kappa shape index (κ2) is 2.68. The number of hydrogen-bond donors (Lipinski definition) is 0. The Morgan fingerprint density at radius 1 is 1.45 bits per heavy atom. The lowest BCUT2D eigenvalue weighted by Gasteiger charge is -2.27. The molecule has 1 atom stereocenters. The summed E-state index contributed by atoms with van der Waals surface area (Å²) in [7, 11) is 0. The molecule has 1 unspecified atom stereocenters. The normalized spacial score (nSPS) is 30.4. The summed E-state index contributed by atoms with van der Waals surface area (Å²) in [5.74, 6) is 0.416. The van der Waals surface area contributed by atoms with Crippen LogP contribution >= 0.6 is 0 Å². The van der Waals surface area contributed by atoms with Gasteiger partial charge in [0, 0.05) is 12.0 Å². The van der Waals surface area contributed by atoms with Crippen molar-refractivity contribution >= 4 is 5.97 Å². The quantitative estimate of drug-likeness (QED) is 0.493. The summed E-state index contributed by atoms with van der Waals surface area (Å²) >= 11 is 0. The van der Waals surface area contributed by atoms with E-state index in [4.69, 9.17) is 4.74 Å². The lowest BCUT2D eigenvalue weighted by Crippen LogP contribution is -2.23. The van der Waals surface area contributed by atoms with Crippen LogP contribution in [0.5, 0.6) is 0 Å². The molecule has 2 nitrogen and oxygen atoms in total. The van der Waals surface area contributed by atoms with Gasteiger partial charge in [0.2, 0.25) is 0 Å². The first-order chi connectivity index (χ1) is 5.36. The Morgan fingerprint density at radius 3 is 3.27 bits per heavy atom. The number of esters is 1. The van der Waals surface area contributed by atoms with Crippen LogP contribution in [0, 0.1) is 5.92 Å². The smallest absolute Gasteiger partial charge is 0.330 e. The van der Waals surface area contributed by atoms with Crippen molar-refractivity contribution in [1.29, 1.82) is 0 Å². The highest BCUT2D eigenvalue weighted by molar-refractivity contribution is 5.83. The van der Waals surface area contributed by atoms with Gasteiger partial charge in [0.25, 0.3) is 0 Å². The van der Waals surface area contributed by atoms with E-state index in [-0.39, 0.29) is 5.97 Å². The maximum Gasteiger partial charge on any atom is 0.330 e. The van der Waals surface area contributed by atoms with Crippen LogP contribution in [0.3, 0.4) is 0 Å². The second-order valence-electron chi connectivity index (χ2n) is 3.29. The van der Waals surface area contributed by atoms with Crippen LogP contribution in [0.1, 0.15) is 25.7 Å². The molecule has 0 aromatic carbocycles. The molecule has 0 radical (unpaired) electrons. The third-order valence-corrected chi connectivity index (χ3v) is 2.52. The summed E-state index contributed by atoms with van der Waals surface area (Å²) in [6.07, 6.45) is 6.54. The van der Waals surface area contributed by atoms with Crippen LogP contribution < -0.4 is 0 Å². The number of carbonyl (C=O) groups is 1. The van der Waals surface area contributed by atoms with Crippen molar-refractivity contribution in [2.24, 2.45) is 5.92 Å². The SMILES string of the molecule is O=C1C=C2CCCCC2CO1. The molecule has 0 spiro atoms. The number of ether oxygens (including phenoxy) is 1. The summed E-state index contributed by atoms with van der Waals surface area (Å²) in [5.41, 5.74) is 1.33. The van der Waals surface area contributed by atoms with Gasteiger partial charge in [-0.25, -0.2) is 4.79 Å². The van der Waals surface area contributed by atoms with E-state index in [1.165, 1.54) is 24.8 Å². The molecule has 2 rings (SSSR count). The molecule has 0 aromatic heterocycles. The number of rotatable bonds is 0. The van der Waals surface area contributed by atoms with E-state index in [0.29, 0.717) is 12.5 Å². The van der Waals surface area contributed by atoms with Crippen LogP contribution in [0.15, 0.2) is 11.6 Å². The summed E-state index contributed by atoms with van der Waals surface area (Å²) < 4.78 is 4.93. The third kappa shape index (κ3) is 1.30. The molecule has 2 aliphatic rings. The maximum absolute atomic E-state index is 10.8. The average Bonchev–Trinajstić information content (AvgIpc) is 2.04. The predicted molar refractivity (Wildman–Crippen MR) is 41.0 cm³/mol. The van der Waals surface area contributed by atoms with E-state index in [2.05, 4.69) is 0 Å². The first-order valence-corrected chi connectivity index (χ1v) is 4.23. The van der Waals surface area contributed by atoms with Crippen molar-refractivity contribution in [2.45, 2.75) is 25.7 Å². The van der Waals surface area contributed by atoms with E-state index >= 15 is 0 Å². The highest BCUT2D eigenvalue weighted by Gasteiger charge is 2.24. The van der Waals surface area contributed by atoms with Gasteiger partial charge >= 0.3 is 5.97 Å². The molecule has 1 aliphatic carbocycles. The Bertz CT molecular complexity index is 206. The molecular weight excluding hydrogens is 140 g/mol. The van der Waals surface area contributed by atoms with Gasteiger partial charge in [-0.3, -0.25) is 0 Å². The zero-order valence-corrected chi connectivity index (χ0v) is 6.51. The van der Waals surface area contributed by atoms with Crippen molar-refractivity contribution in [3.05, 3.63) is 11.6 Å². The minimum atomic E-state index is -0.141. The highest BCUT2D eigenvalue weighted by Crippen LogP contribution is 2.31. The van der Waals surface area contributed by atoms with Crippen LogP contribution in [0.25, 0.3) is 0 Å². The zero-order chi connectivity index (χ0) is 7.68. The lowest BCUT2D eigenvalue weighted by molar-refractivity contribution is -0.140. The van der Waals surface area contributed by atoms with Crippen molar-refractivity contribution in [3.8, 4) is 0 Å². The van der Waals surface area contributed by atoms with Gasteiger partial charge in [0.05, 0.1) is 6.61 Å². The monoisotopic (exact) mass is 152 g/mol. The fourth-order valence-corrected chi connectivity index (χ4v) is 1.87. The van der Waals surface area contributed by atoms with Gasteiger partial charge in [0.15, 0.2) is 0 Å². The Hall–Kier alpha value is -0.790. The van der Waals surface area contributed by atoms with E-state index in [9.17, 15) is 4.79 Å². The molecule has 1 heterocycles. The van der Waals surface area contributed by atoms with Crippen molar-refractivity contribution in [3.63, 3.8) is 0 Å². The number of fused-ring (bicyclic) bond motifs is 1. The topological polar surface area (TPSA) is 26.3 Å². The maximum atomic E-state index is 10.8. The minimum Gasteiger partial charge on any atom is -0.462 e. The van der Waals surface area contributed by atoms with Gasteiger partial charge in [0.1, 0.15) is 0 Å². The van der Waals surface area contributed by atoms with E-state index in [0.717, 1.165) is 6.42 Å². The molecule has 0 N–H and O–H groups in total. The van der Waals surface area contributed by atoms with Crippen LogP contribution in [-0.4, -0.2) is 12.6 Å². The number of carbonyl (C=O) groups excluding carboxylic acids is 1. The van der Waals surface area contributed by atoms with Crippen molar-refractivity contribution in [2.75, 3.05) is 6.61 Å². The summed E-state index contributed by atoms with van der Waals surface area (Å²) in [6, 6.07) is 0. The molecular formula is C9H12O2. The van der Waals surface area contributed by atoms with Crippen molar-refractivity contribution in [1.82, 2.24) is 0 Å². The van der Waals surface area contributed by atoms with E-state index < -0.39 is 0 Å². The Labute approximate surface area is 66.2 Å². The van der Waals surface area contributed by atoms with Gasteiger partial charge in [-0.1, -0.05) is 12.0 Å². The predicted octanol–water partition coefficient (Wildman–Crippen LogP) is 1.66.